The van der Waals surface area contributed by atoms with Crippen LogP contribution in [0.3, 0.4) is 0 Å². The predicted octanol–water partition coefficient (Wildman–Crippen LogP) is 3.05. The van der Waals surface area contributed by atoms with E-state index < -0.39 is 29.1 Å². The fourth-order valence-corrected chi connectivity index (χ4v) is 2.05. The minimum atomic E-state index is -1.47. The summed E-state index contributed by atoms with van der Waals surface area (Å²) >= 11 is 5.63. The summed E-state index contributed by atoms with van der Waals surface area (Å²) in [4.78, 5) is 36.9. The van der Waals surface area contributed by atoms with E-state index >= 15 is 0 Å². The molecule has 0 bridgehead atoms. The molecule has 0 saturated heterocycles. The van der Waals surface area contributed by atoms with E-state index in [4.69, 9.17) is 20.8 Å². The molecule has 6 heteroatoms. The second-order valence-electron chi connectivity index (χ2n) is 6.11. The number of esters is 1. The summed E-state index contributed by atoms with van der Waals surface area (Å²) in [6.07, 6.45) is 1.40. The molecule has 0 spiro atoms. The summed E-state index contributed by atoms with van der Waals surface area (Å²) in [5.41, 5.74) is -0.778. The highest BCUT2D eigenvalue weighted by Gasteiger charge is 2.45. The highest BCUT2D eigenvalue weighted by molar-refractivity contribution is 6.29. The van der Waals surface area contributed by atoms with Crippen LogP contribution in [0.15, 0.2) is 16.5 Å². The van der Waals surface area contributed by atoms with Crippen LogP contribution in [0.2, 0.25) is 5.22 Å². The lowest BCUT2D eigenvalue weighted by atomic mass is 9.94. The summed E-state index contributed by atoms with van der Waals surface area (Å²) < 4.78 is 10.2. The maximum absolute atomic E-state index is 12.4. The number of carbonyl (C=O) groups is 3. The van der Waals surface area contributed by atoms with Crippen molar-refractivity contribution in [1.82, 2.24) is 0 Å². The summed E-state index contributed by atoms with van der Waals surface area (Å²) in [6.45, 7) is 5.04. The van der Waals surface area contributed by atoms with Crippen LogP contribution in [-0.2, 0) is 14.3 Å². The minimum absolute atomic E-state index is 0.0279. The van der Waals surface area contributed by atoms with Crippen LogP contribution >= 0.6 is 11.6 Å². The van der Waals surface area contributed by atoms with E-state index in [-0.39, 0.29) is 16.9 Å². The van der Waals surface area contributed by atoms with Gasteiger partial charge in [-0.1, -0.05) is 0 Å². The van der Waals surface area contributed by atoms with Gasteiger partial charge in [0.2, 0.25) is 5.78 Å². The summed E-state index contributed by atoms with van der Waals surface area (Å²) in [7, 11) is 0. The second-order valence-corrected chi connectivity index (χ2v) is 6.48. The molecule has 1 aromatic rings. The van der Waals surface area contributed by atoms with Gasteiger partial charge >= 0.3 is 5.97 Å². The van der Waals surface area contributed by atoms with Gasteiger partial charge in [-0.05, 0) is 57.3 Å². The van der Waals surface area contributed by atoms with Gasteiger partial charge in [-0.2, -0.15) is 0 Å². The van der Waals surface area contributed by atoms with Crippen molar-refractivity contribution in [2.24, 2.45) is 11.8 Å². The summed E-state index contributed by atoms with van der Waals surface area (Å²) in [5.74, 6) is -3.76. The Morgan fingerprint density at radius 1 is 1.29 bits per heavy atom. The number of ketones is 2. The first-order valence-corrected chi connectivity index (χ1v) is 7.13. The molecule has 0 N–H and O–H groups in total. The van der Waals surface area contributed by atoms with Crippen molar-refractivity contribution in [3.63, 3.8) is 0 Å². The number of carbonyl (C=O) groups excluding carboxylic acids is 3. The van der Waals surface area contributed by atoms with Crippen LogP contribution in [0.1, 0.15) is 44.2 Å². The van der Waals surface area contributed by atoms with E-state index in [2.05, 4.69) is 0 Å². The van der Waals surface area contributed by atoms with Crippen LogP contribution < -0.4 is 0 Å². The molecule has 0 amide bonds. The average molecular weight is 313 g/mol. The zero-order valence-corrected chi connectivity index (χ0v) is 12.9. The molecule has 0 aromatic carbocycles. The zero-order valence-electron chi connectivity index (χ0n) is 12.1. The van der Waals surface area contributed by atoms with Gasteiger partial charge in [0.1, 0.15) is 5.60 Å². The molecule has 5 nitrogen and oxygen atoms in total. The average Bonchev–Trinajstić information content (AvgIpc) is 3.09. The molecule has 21 heavy (non-hydrogen) atoms. The number of Topliss-reactive ketones (excluding diaryl/α,β-unsaturated/α-hetero) is 2. The fraction of sp³-hybridized carbons (Fsp3) is 0.533. The lowest BCUT2D eigenvalue weighted by Gasteiger charge is -2.22. The van der Waals surface area contributed by atoms with Crippen molar-refractivity contribution in [1.29, 1.82) is 0 Å². The van der Waals surface area contributed by atoms with Crippen molar-refractivity contribution >= 4 is 29.1 Å². The van der Waals surface area contributed by atoms with Crippen molar-refractivity contribution in [2.45, 2.75) is 39.2 Å². The van der Waals surface area contributed by atoms with E-state index in [0.29, 0.717) is 12.8 Å². The van der Waals surface area contributed by atoms with E-state index in [1.165, 1.54) is 12.1 Å². The molecule has 1 aromatic heterocycles. The lowest BCUT2D eigenvalue weighted by Crippen LogP contribution is -2.38. The molecule has 1 aliphatic rings. The molecular formula is C15H17ClO5. The van der Waals surface area contributed by atoms with Gasteiger partial charge in [0.15, 0.2) is 22.7 Å². The topological polar surface area (TPSA) is 73.6 Å². The monoisotopic (exact) mass is 312 g/mol. The third-order valence-electron chi connectivity index (χ3n) is 2.98. The molecule has 1 heterocycles. The Morgan fingerprint density at radius 3 is 2.33 bits per heavy atom. The maximum atomic E-state index is 12.4. The van der Waals surface area contributed by atoms with Crippen molar-refractivity contribution in [3.8, 4) is 0 Å². The zero-order chi connectivity index (χ0) is 15.8. The van der Waals surface area contributed by atoms with Gasteiger partial charge in [-0.3, -0.25) is 14.4 Å². The third kappa shape index (κ3) is 3.94. The number of rotatable bonds is 5. The number of hydrogen-bond acceptors (Lipinski definition) is 5. The van der Waals surface area contributed by atoms with E-state index in [0.717, 1.165) is 0 Å². The maximum Gasteiger partial charge on any atom is 0.325 e. The molecule has 0 aliphatic heterocycles. The molecule has 0 radical (unpaired) electrons. The van der Waals surface area contributed by atoms with E-state index in [9.17, 15) is 14.4 Å². The normalized spacial score (nSPS) is 16.4. The Hall–Kier alpha value is -1.62. The standard InChI is InChI=1S/C15H17ClO5/c1-15(2,3)21-14(19)11(12(17)8-4-5-8)13(18)9-6-7-10(16)20-9/h6-8,11H,4-5H2,1-3H3. The Bertz CT molecular complexity index is 577. The van der Waals surface area contributed by atoms with Gasteiger partial charge in [-0.15, -0.1) is 0 Å². The molecular weight excluding hydrogens is 296 g/mol. The predicted molar refractivity (Wildman–Crippen MR) is 75.1 cm³/mol. The Labute approximate surface area is 127 Å². The van der Waals surface area contributed by atoms with Crippen molar-refractivity contribution in [2.75, 3.05) is 0 Å². The quantitative estimate of drug-likeness (QED) is 0.474. The first-order valence-electron chi connectivity index (χ1n) is 6.75. The van der Waals surface area contributed by atoms with E-state index in [1.54, 1.807) is 20.8 Å². The molecule has 1 aliphatic carbocycles. The summed E-state index contributed by atoms with van der Waals surface area (Å²) in [6, 6.07) is 2.74. The molecule has 1 atom stereocenters. The van der Waals surface area contributed by atoms with Gasteiger partial charge in [0.25, 0.3) is 0 Å². The van der Waals surface area contributed by atoms with Crippen LogP contribution in [0.5, 0.6) is 0 Å². The lowest BCUT2D eigenvalue weighted by molar-refractivity contribution is -0.160. The highest BCUT2D eigenvalue weighted by atomic mass is 35.5. The fourth-order valence-electron chi connectivity index (χ4n) is 1.91. The van der Waals surface area contributed by atoms with Crippen LogP contribution in [0, 0.1) is 11.8 Å². The van der Waals surface area contributed by atoms with E-state index in [1.807, 2.05) is 0 Å². The Balaban J connectivity index is 2.25. The summed E-state index contributed by atoms with van der Waals surface area (Å²) in [5, 5.41) is 0.0279. The number of ether oxygens (including phenoxy) is 1. The molecule has 114 valence electrons. The van der Waals surface area contributed by atoms with Crippen LogP contribution in [-0.4, -0.2) is 23.1 Å². The van der Waals surface area contributed by atoms with Crippen LogP contribution in [0.4, 0.5) is 0 Å². The number of halogens is 1. The number of furan rings is 1. The highest BCUT2D eigenvalue weighted by Crippen LogP contribution is 2.34. The van der Waals surface area contributed by atoms with Gasteiger partial charge < -0.3 is 9.15 Å². The van der Waals surface area contributed by atoms with Gasteiger partial charge in [-0.25, -0.2) is 0 Å². The third-order valence-corrected chi connectivity index (χ3v) is 3.19. The second kappa shape index (κ2) is 5.64. The largest absolute Gasteiger partial charge is 0.459 e. The minimum Gasteiger partial charge on any atom is -0.459 e. The van der Waals surface area contributed by atoms with Crippen LogP contribution in [0.25, 0.3) is 0 Å². The Morgan fingerprint density at radius 2 is 1.90 bits per heavy atom. The first-order chi connectivity index (χ1) is 9.69. The van der Waals surface area contributed by atoms with Gasteiger partial charge in [0, 0.05) is 5.92 Å². The SMILES string of the molecule is CC(C)(C)OC(=O)C(C(=O)c1ccc(Cl)o1)C(=O)C1CC1. The number of hydrogen-bond donors (Lipinski definition) is 0. The van der Waals surface area contributed by atoms with Gasteiger partial charge in [0.05, 0.1) is 0 Å². The first kappa shape index (κ1) is 15.8. The Kier molecular flexibility index (Phi) is 4.23. The van der Waals surface area contributed by atoms with Crippen molar-refractivity contribution in [3.05, 3.63) is 23.1 Å². The smallest absolute Gasteiger partial charge is 0.325 e. The molecule has 1 fully saturated rings. The van der Waals surface area contributed by atoms with Crippen molar-refractivity contribution < 1.29 is 23.5 Å². The molecule has 1 unspecified atom stereocenters. The molecule has 2 rings (SSSR count). The molecule has 1 saturated carbocycles.